The van der Waals surface area contributed by atoms with Crippen molar-refractivity contribution in [1.82, 2.24) is 4.31 Å². The molecule has 4 heteroatoms. The predicted molar refractivity (Wildman–Crippen MR) is 76.2 cm³/mol. The topological polar surface area (TPSA) is 21.7 Å². The van der Waals surface area contributed by atoms with Crippen molar-refractivity contribution in [2.45, 2.75) is 58.7 Å². The van der Waals surface area contributed by atoms with E-state index in [4.69, 9.17) is 9.47 Å². The van der Waals surface area contributed by atoms with Gasteiger partial charge in [-0.3, -0.25) is 0 Å². The smallest absolute Gasteiger partial charge is 0.164 e. The van der Waals surface area contributed by atoms with Crippen molar-refractivity contribution in [3.63, 3.8) is 0 Å². The molecule has 0 aliphatic carbocycles. The van der Waals surface area contributed by atoms with Crippen LogP contribution in [0.3, 0.4) is 0 Å². The van der Waals surface area contributed by atoms with Gasteiger partial charge in [0, 0.05) is 13.1 Å². The van der Waals surface area contributed by atoms with Crippen LogP contribution in [0, 0.1) is 11.3 Å². The number of piperidine rings is 1. The third-order valence-corrected chi connectivity index (χ3v) is 5.06. The van der Waals surface area contributed by atoms with Crippen molar-refractivity contribution in [1.29, 1.82) is 0 Å². The monoisotopic (exact) mass is 273 g/mol. The molecular weight excluding hydrogens is 246 g/mol. The van der Waals surface area contributed by atoms with Crippen LogP contribution in [0.5, 0.6) is 0 Å². The Kier molecular flexibility index (Phi) is 4.32. The van der Waals surface area contributed by atoms with E-state index in [0.29, 0.717) is 12.0 Å². The van der Waals surface area contributed by atoms with E-state index in [2.05, 4.69) is 25.1 Å². The van der Waals surface area contributed by atoms with Crippen molar-refractivity contribution in [3.05, 3.63) is 0 Å². The Balaban J connectivity index is 1.74. The van der Waals surface area contributed by atoms with E-state index in [1.165, 1.54) is 25.9 Å². The fourth-order valence-corrected chi connectivity index (χ4v) is 3.86. The van der Waals surface area contributed by atoms with Crippen LogP contribution in [-0.4, -0.2) is 35.2 Å². The lowest BCUT2D eigenvalue weighted by Crippen LogP contribution is -2.36. The second-order valence-corrected chi connectivity index (χ2v) is 8.19. The fourth-order valence-electron chi connectivity index (χ4n) is 2.70. The quantitative estimate of drug-likeness (QED) is 0.718. The molecule has 2 fully saturated rings. The van der Waals surface area contributed by atoms with Crippen LogP contribution in [0.4, 0.5) is 0 Å². The zero-order valence-electron chi connectivity index (χ0n) is 12.4. The van der Waals surface area contributed by atoms with Gasteiger partial charge in [-0.05, 0) is 50.0 Å². The summed E-state index contributed by atoms with van der Waals surface area (Å²) in [6.45, 7) is 14.1. The van der Waals surface area contributed by atoms with Crippen LogP contribution >= 0.6 is 11.9 Å². The van der Waals surface area contributed by atoms with Crippen molar-refractivity contribution in [2.75, 3.05) is 19.7 Å². The molecule has 0 amide bonds. The summed E-state index contributed by atoms with van der Waals surface area (Å²) in [7, 11) is 0. The molecule has 0 N–H and O–H groups in total. The molecule has 106 valence electrons. The van der Waals surface area contributed by atoms with E-state index in [9.17, 15) is 0 Å². The van der Waals surface area contributed by atoms with Crippen molar-refractivity contribution in [2.24, 2.45) is 11.3 Å². The van der Waals surface area contributed by atoms with E-state index in [0.717, 1.165) is 5.92 Å². The molecule has 2 heterocycles. The molecule has 2 rings (SSSR count). The van der Waals surface area contributed by atoms with Gasteiger partial charge in [0.05, 0.1) is 6.61 Å². The summed E-state index contributed by atoms with van der Waals surface area (Å²) in [6, 6.07) is 0. The SMILES string of the molecule is CC1(C)OCC(SN2CCC(C(C)(C)C)CC2)O1. The molecule has 1 unspecified atom stereocenters. The van der Waals surface area contributed by atoms with E-state index >= 15 is 0 Å². The van der Waals surface area contributed by atoms with E-state index < -0.39 is 5.79 Å². The summed E-state index contributed by atoms with van der Waals surface area (Å²) in [5.41, 5.74) is 0.623. The zero-order chi connectivity index (χ0) is 13.4. The Bertz CT molecular complexity index is 280. The minimum atomic E-state index is -0.401. The van der Waals surface area contributed by atoms with Gasteiger partial charge in [0.15, 0.2) is 5.79 Å². The summed E-state index contributed by atoms with van der Waals surface area (Å²) in [6.07, 6.45) is 2.60. The lowest BCUT2D eigenvalue weighted by atomic mass is 9.76. The number of rotatable bonds is 2. The summed E-state index contributed by atoms with van der Waals surface area (Å²) in [5.74, 6) is 0.452. The lowest BCUT2D eigenvalue weighted by Gasteiger charge is -2.38. The molecule has 0 saturated carbocycles. The van der Waals surface area contributed by atoms with Crippen molar-refractivity contribution in [3.8, 4) is 0 Å². The fraction of sp³-hybridized carbons (Fsp3) is 1.00. The molecular formula is C14H27NO2S. The van der Waals surface area contributed by atoms with Crippen LogP contribution in [0.15, 0.2) is 0 Å². The molecule has 2 aliphatic rings. The highest BCUT2D eigenvalue weighted by Crippen LogP contribution is 2.38. The molecule has 0 aromatic carbocycles. The second-order valence-electron chi connectivity index (χ2n) is 6.93. The van der Waals surface area contributed by atoms with Gasteiger partial charge in [0.25, 0.3) is 0 Å². The molecule has 0 aromatic rings. The van der Waals surface area contributed by atoms with Gasteiger partial charge in [-0.25, -0.2) is 4.31 Å². The number of ether oxygens (including phenoxy) is 2. The van der Waals surface area contributed by atoms with Gasteiger partial charge >= 0.3 is 0 Å². The molecule has 0 bridgehead atoms. The molecule has 0 spiro atoms. The third-order valence-electron chi connectivity index (χ3n) is 3.93. The predicted octanol–water partition coefficient (Wildman–Crippen LogP) is 3.50. The molecule has 2 aliphatic heterocycles. The lowest BCUT2D eigenvalue weighted by molar-refractivity contribution is -0.129. The molecule has 18 heavy (non-hydrogen) atoms. The van der Waals surface area contributed by atoms with Crippen LogP contribution < -0.4 is 0 Å². The first-order chi connectivity index (χ1) is 8.26. The summed E-state index contributed by atoms with van der Waals surface area (Å²) < 4.78 is 13.9. The first-order valence-electron chi connectivity index (χ1n) is 7.00. The first-order valence-corrected chi connectivity index (χ1v) is 7.83. The summed E-state index contributed by atoms with van der Waals surface area (Å²) >= 11 is 1.83. The van der Waals surface area contributed by atoms with Crippen LogP contribution in [0.1, 0.15) is 47.5 Å². The Morgan fingerprint density at radius 3 is 2.22 bits per heavy atom. The second kappa shape index (κ2) is 5.31. The van der Waals surface area contributed by atoms with Gasteiger partial charge in [-0.2, -0.15) is 0 Å². The largest absolute Gasteiger partial charge is 0.347 e. The summed E-state index contributed by atoms with van der Waals surface area (Å²) in [4.78, 5) is 0. The molecule has 2 saturated heterocycles. The summed E-state index contributed by atoms with van der Waals surface area (Å²) in [5, 5.41) is 0. The highest BCUT2D eigenvalue weighted by molar-refractivity contribution is 7.97. The molecule has 0 aromatic heterocycles. The number of hydrogen-bond donors (Lipinski definition) is 0. The molecule has 3 nitrogen and oxygen atoms in total. The Morgan fingerprint density at radius 1 is 1.17 bits per heavy atom. The van der Waals surface area contributed by atoms with Crippen molar-refractivity contribution >= 4 is 11.9 Å². The van der Waals surface area contributed by atoms with E-state index in [1.807, 2.05) is 25.8 Å². The van der Waals surface area contributed by atoms with Gasteiger partial charge < -0.3 is 9.47 Å². The minimum absolute atomic E-state index is 0.172. The van der Waals surface area contributed by atoms with Crippen LogP contribution in [0.2, 0.25) is 0 Å². The van der Waals surface area contributed by atoms with Gasteiger partial charge in [-0.1, -0.05) is 20.8 Å². The first kappa shape index (κ1) is 14.6. The standard InChI is InChI=1S/C14H27NO2S/c1-13(2,3)11-6-8-15(9-7-11)18-12-10-16-14(4,5)17-12/h11-12H,6-10H2,1-5H3. The maximum absolute atomic E-state index is 5.84. The van der Waals surface area contributed by atoms with E-state index in [-0.39, 0.29) is 5.44 Å². The minimum Gasteiger partial charge on any atom is -0.347 e. The average molecular weight is 273 g/mol. The highest BCUT2D eigenvalue weighted by Gasteiger charge is 2.36. The Labute approximate surface area is 116 Å². The highest BCUT2D eigenvalue weighted by atomic mass is 32.2. The maximum atomic E-state index is 5.84. The average Bonchev–Trinajstić information content (AvgIpc) is 2.57. The Morgan fingerprint density at radius 2 is 1.78 bits per heavy atom. The zero-order valence-corrected chi connectivity index (χ0v) is 13.2. The van der Waals surface area contributed by atoms with E-state index in [1.54, 1.807) is 0 Å². The number of hydrogen-bond acceptors (Lipinski definition) is 4. The third kappa shape index (κ3) is 3.86. The van der Waals surface area contributed by atoms with Gasteiger partial charge in [-0.15, -0.1) is 0 Å². The van der Waals surface area contributed by atoms with Gasteiger partial charge in [0.1, 0.15) is 5.44 Å². The van der Waals surface area contributed by atoms with Gasteiger partial charge in [0.2, 0.25) is 0 Å². The molecule has 0 radical (unpaired) electrons. The number of nitrogens with zero attached hydrogens (tertiary/aromatic N) is 1. The van der Waals surface area contributed by atoms with Crippen LogP contribution in [0.25, 0.3) is 0 Å². The Hall–Kier alpha value is 0.230. The molecule has 1 atom stereocenters. The maximum Gasteiger partial charge on any atom is 0.164 e. The van der Waals surface area contributed by atoms with Crippen molar-refractivity contribution < 1.29 is 9.47 Å². The normalized spacial score (nSPS) is 30.8. The van der Waals surface area contributed by atoms with Crippen LogP contribution in [-0.2, 0) is 9.47 Å².